The van der Waals surface area contributed by atoms with Crippen LogP contribution in [0.4, 0.5) is 8.78 Å². The van der Waals surface area contributed by atoms with Gasteiger partial charge in [-0.1, -0.05) is 36.4 Å². The Morgan fingerprint density at radius 3 is 2.48 bits per heavy atom. The highest BCUT2D eigenvalue weighted by Gasteiger charge is 2.36. The fourth-order valence-electron chi connectivity index (χ4n) is 2.58. The minimum Gasteiger partial charge on any atom is -0.479 e. The third kappa shape index (κ3) is 2.03. The highest BCUT2D eigenvalue weighted by Crippen LogP contribution is 2.35. The van der Waals surface area contributed by atoms with Gasteiger partial charge in [-0.3, -0.25) is 0 Å². The van der Waals surface area contributed by atoms with Gasteiger partial charge in [-0.05, 0) is 40.6 Å². The quantitative estimate of drug-likeness (QED) is 0.709. The van der Waals surface area contributed by atoms with E-state index in [1.807, 2.05) is 0 Å². The summed E-state index contributed by atoms with van der Waals surface area (Å²) in [7, 11) is 0. The van der Waals surface area contributed by atoms with E-state index in [-0.39, 0.29) is 11.4 Å². The molecular formula is C17H12F2O2. The van der Waals surface area contributed by atoms with E-state index in [2.05, 4.69) is 0 Å². The molecule has 0 saturated carbocycles. The number of hydrogen-bond donors (Lipinski definition) is 1. The lowest BCUT2D eigenvalue weighted by Crippen LogP contribution is -2.27. The predicted molar refractivity (Wildman–Crippen MR) is 77.5 cm³/mol. The summed E-state index contributed by atoms with van der Waals surface area (Å²) >= 11 is 0. The molecular weight excluding hydrogens is 274 g/mol. The minimum atomic E-state index is -2.50. The lowest BCUT2D eigenvalue weighted by Gasteiger charge is -2.18. The molecule has 1 atom stereocenters. The molecule has 0 bridgehead atoms. The Labute approximate surface area is 119 Å². The predicted octanol–water partition coefficient (Wildman–Crippen LogP) is 4.40. The van der Waals surface area contributed by atoms with E-state index in [0.717, 1.165) is 12.3 Å². The molecule has 0 heterocycles. The molecule has 0 aliphatic heterocycles. The van der Waals surface area contributed by atoms with Gasteiger partial charge < -0.3 is 5.11 Å². The van der Waals surface area contributed by atoms with Crippen LogP contribution in [0, 0.1) is 5.82 Å². The third-order valence-electron chi connectivity index (χ3n) is 3.75. The number of fused-ring (bicyclic) bond motifs is 3. The number of rotatable bonds is 2. The monoisotopic (exact) mass is 286 g/mol. The molecule has 0 amide bonds. The maximum atomic E-state index is 14.5. The molecule has 3 aromatic rings. The zero-order valence-corrected chi connectivity index (χ0v) is 11.2. The topological polar surface area (TPSA) is 37.3 Å². The van der Waals surface area contributed by atoms with Gasteiger partial charge in [0, 0.05) is 5.56 Å². The van der Waals surface area contributed by atoms with Crippen molar-refractivity contribution in [1.82, 2.24) is 0 Å². The average molecular weight is 286 g/mol. The van der Waals surface area contributed by atoms with E-state index < -0.39 is 11.6 Å². The van der Waals surface area contributed by atoms with Crippen molar-refractivity contribution in [3.63, 3.8) is 0 Å². The molecule has 1 unspecified atom stereocenters. The van der Waals surface area contributed by atoms with Crippen molar-refractivity contribution >= 4 is 27.5 Å². The molecule has 106 valence electrons. The van der Waals surface area contributed by atoms with Crippen molar-refractivity contribution in [1.29, 1.82) is 0 Å². The largest absolute Gasteiger partial charge is 0.479 e. The second-order valence-electron chi connectivity index (χ2n) is 5.14. The molecule has 3 aromatic carbocycles. The van der Waals surface area contributed by atoms with Gasteiger partial charge in [0.15, 0.2) is 0 Å². The summed E-state index contributed by atoms with van der Waals surface area (Å²) in [6.07, 6.45) is 0. The van der Waals surface area contributed by atoms with Crippen LogP contribution < -0.4 is 0 Å². The molecule has 4 heteroatoms. The molecule has 0 aromatic heterocycles. The van der Waals surface area contributed by atoms with Crippen LogP contribution in [0.15, 0.2) is 48.5 Å². The summed E-state index contributed by atoms with van der Waals surface area (Å²) in [5.74, 6) is -1.93. The van der Waals surface area contributed by atoms with Gasteiger partial charge in [0.1, 0.15) is 5.82 Å². The molecule has 0 aliphatic rings. The minimum absolute atomic E-state index is 0.0682. The zero-order chi connectivity index (χ0) is 15.2. The Hall–Kier alpha value is -2.49. The fourth-order valence-corrected chi connectivity index (χ4v) is 2.58. The third-order valence-corrected chi connectivity index (χ3v) is 3.75. The van der Waals surface area contributed by atoms with Crippen molar-refractivity contribution in [2.24, 2.45) is 0 Å². The van der Waals surface area contributed by atoms with Crippen LogP contribution in [-0.4, -0.2) is 11.1 Å². The fraction of sp³-hybridized carbons (Fsp3) is 0.118. The van der Waals surface area contributed by atoms with Gasteiger partial charge in [0.2, 0.25) is 5.67 Å². The number of aliphatic carboxylic acids is 1. The normalized spacial score (nSPS) is 14.2. The number of carbonyl (C=O) groups is 1. The van der Waals surface area contributed by atoms with Crippen LogP contribution in [0.3, 0.4) is 0 Å². The van der Waals surface area contributed by atoms with Gasteiger partial charge in [0.25, 0.3) is 0 Å². The molecule has 21 heavy (non-hydrogen) atoms. The summed E-state index contributed by atoms with van der Waals surface area (Å²) in [5, 5.41) is 11.6. The molecule has 1 N–H and O–H groups in total. The van der Waals surface area contributed by atoms with Gasteiger partial charge in [-0.2, -0.15) is 0 Å². The van der Waals surface area contributed by atoms with Crippen molar-refractivity contribution in [3.05, 3.63) is 59.9 Å². The van der Waals surface area contributed by atoms with Crippen LogP contribution in [0.5, 0.6) is 0 Å². The van der Waals surface area contributed by atoms with Gasteiger partial charge in [-0.15, -0.1) is 0 Å². The molecule has 0 saturated heterocycles. The van der Waals surface area contributed by atoms with Gasteiger partial charge in [0.05, 0.1) is 0 Å². The first-order valence-corrected chi connectivity index (χ1v) is 6.45. The second-order valence-corrected chi connectivity index (χ2v) is 5.14. The van der Waals surface area contributed by atoms with Crippen LogP contribution in [0.1, 0.15) is 12.5 Å². The summed E-state index contributed by atoms with van der Waals surface area (Å²) < 4.78 is 27.9. The summed E-state index contributed by atoms with van der Waals surface area (Å²) in [4.78, 5) is 11.1. The highest BCUT2D eigenvalue weighted by molar-refractivity contribution is 6.09. The smallest absolute Gasteiger partial charge is 0.345 e. The number of halogens is 2. The Kier molecular flexibility index (Phi) is 2.90. The maximum absolute atomic E-state index is 14.5. The Morgan fingerprint density at radius 1 is 1.05 bits per heavy atom. The number of alkyl halides is 1. The summed E-state index contributed by atoms with van der Waals surface area (Å²) in [6.45, 7) is 1.01. The van der Waals surface area contributed by atoms with E-state index >= 15 is 0 Å². The molecule has 0 spiro atoms. The van der Waals surface area contributed by atoms with E-state index in [9.17, 15) is 13.6 Å². The lowest BCUT2D eigenvalue weighted by atomic mass is 9.90. The first-order valence-electron chi connectivity index (χ1n) is 6.45. The van der Waals surface area contributed by atoms with Crippen molar-refractivity contribution in [2.75, 3.05) is 0 Å². The second kappa shape index (κ2) is 4.52. The van der Waals surface area contributed by atoms with E-state index in [1.54, 1.807) is 30.3 Å². The number of hydrogen-bond acceptors (Lipinski definition) is 1. The van der Waals surface area contributed by atoms with Crippen LogP contribution >= 0.6 is 0 Å². The van der Waals surface area contributed by atoms with Crippen molar-refractivity contribution < 1.29 is 18.7 Å². The highest BCUT2D eigenvalue weighted by atomic mass is 19.1. The van der Waals surface area contributed by atoms with Crippen LogP contribution in [0.2, 0.25) is 0 Å². The molecule has 0 aliphatic carbocycles. The zero-order valence-electron chi connectivity index (χ0n) is 11.2. The Bertz CT molecular complexity index is 869. The Balaban J connectivity index is 2.43. The van der Waals surface area contributed by atoms with Crippen LogP contribution in [0.25, 0.3) is 21.5 Å². The molecule has 0 fully saturated rings. The number of carboxylic acid groups (broad SMARTS) is 1. The first-order chi connectivity index (χ1) is 9.91. The van der Waals surface area contributed by atoms with E-state index in [0.29, 0.717) is 16.2 Å². The number of carboxylic acids is 1. The van der Waals surface area contributed by atoms with Crippen LogP contribution in [-0.2, 0) is 10.5 Å². The Morgan fingerprint density at radius 2 is 1.76 bits per heavy atom. The van der Waals surface area contributed by atoms with E-state index in [4.69, 9.17) is 5.11 Å². The van der Waals surface area contributed by atoms with Gasteiger partial charge in [-0.25, -0.2) is 13.6 Å². The van der Waals surface area contributed by atoms with Crippen molar-refractivity contribution in [3.8, 4) is 0 Å². The van der Waals surface area contributed by atoms with E-state index in [1.165, 1.54) is 18.2 Å². The lowest BCUT2D eigenvalue weighted by molar-refractivity contribution is -0.150. The maximum Gasteiger partial charge on any atom is 0.345 e. The van der Waals surface area contributed by atoms with Crippen molar-refractivity contribution in [2.45, 2.75) is 12.6 Å². The molecule has 0 radical (unpaired) electrons. The average Bonchev–Trinajstić information content (AvgIpc) is 2.46. The molecule has 2 nitrogen and oxygen atoms in total. The summed E-state index contributed by atoms with van der Waals surface area (Å²) in [6, 6.07) is 12.5. The van der Waals surface area contributed by atoms with Gasteiger partial charge >= 0.3 is 5.97 Å². The summed E-state index contributed by atoms with van der Waals surface area (Å²) in [5.41, 5.74) is -2.43. The molecule has 3 rings (SSSR count). The number of benzene rings is 3. The SMILES string of the molecule is CC(F)(C(=O)O)c1cccc2c1ccc1ccc(F)cc12. The first kappa shape index (κ1) is 13.5. The standard InChI is InChI=1S/C17H12F2O2/c1-17(19,16(20)21)15-4-2-3-12-13(15)8-6-10-5-7-11(18)9-14(10)12/h2-9H,1H3,(H,20,21).